The van der Waals surface area contributed by atoms with Gasteiger partial charge < -0.3 is 15.3 Å². The van der Waals surface area contributed by atoms with Crippen molar-refractivity contribution >= 4 is 11.8 Å². The first-order valence-corrected chi connectivity index (χ1v) is 11.2. The second-order valence-corrected chi connectivity index (χ2v) is 9.01. The van der Waals surface area contributed by atoms with Crippen LogP contribution in [0.15, 0.2) is 23.1 Å². The molecule has 180 valence electrons. The molecule has 1 saturated heterocycles. The lowest BCUT2D eigenvalue weighted by Crippen LogP contribution is -2.66. The maximum Gasteiger partial charge on any atom is 0.278 e. The lowest BCUT2D eigenvalue weighted by molar-refractivity contribution is 0.0424. The number of pyridine rings is 1. The Balaban J connectivity index is 1.52. The number of carbonyl (C=O) groups is 2. The summed E-state index contributed by atoms with van der Waals surface area (Å²) in [5, 5.41) is 14.8. The predicted octanol–water partition coefficient (Wildman–Crippen LogP) is 2.07. The molecular formula is C23H23F3N4O4. The fourth-order valence-electron chi connectivity index (χ4n) is 5.54. The highest BCUT2D eigenvalue weighted by Crippen LogP contribution is 2.43. The minimum absolute atomic E-state index is 0.212. The Morgan fingerprint density at radius 2 is 1.88 bits per heavy atom. The zero-order valence-electron chi connectivity index (χ0n) is 18.4. The van der Waals surface area contributed by atoms with Crippen LogP contribution < -0.4 is 15.8 Å². The van der Waals surface area contributed by atoms with Gasteiger partial charge in [-0.25, -0.2) is 13.2 Å². The van der Waals surface area contributed by atoms with Crippen molar-refractivity contribution in [2.45, 2.75) is 38.9 Å². The van der Waals surface area contributed by atoms with Crippen molar-refractivity contribution in [1.82, 2.24) is 14.9 Å². The average Bonchev–Trinajstić information content (AvgIpc) is 3.17. The zero-order chi connectivity index (χ0) is 24.3. The molecule has 5 rings (SSSR count). The monoisotopic (exact) mass is 476 g/mol. The fourth-order valence-corrected chi connectivity index (χ4v) is 5.54. The summed E-state index contributed by atoms with van der Waals surface area (Å²) in [6.45, 7) is 2.17. The molecule has 1 aromatic carbocycles. The lowest BCUT2D eigenvalue weighted by Gasteiger charge is -2.51. The number of benzene rings is 1. The molecule has 2 aromatic rings. The molecular weight excluding hydrogens is 453 g/mol. The topological polar surface area (TPSA) is 94.9 Å². The number of hydrogen-bond donors (Lipinski definition) is 2. The van der Waals surface area contributed by atoms with E-state index in [2.05, 4.69) is 5.32 Å². The van der Waals surface area contributed by atoms with Crippen molar-refractivity contribution < 1.29 is 27.9 Å². The number of aromatic nitrogens is 1. The lowest BCUT2D eigenvalue weighted by atomic mass is 9.94. The quantitative estimate of drug-likeness (QED) is 0.705. The normalized spacial score (nSPS) is 23.1. The van der Waals surface area contributed by atoms with Crippen LogP contribution in [0.25, 0.3) is 0 Å². The summed E-state index contributed by atoms with van der Waals surface area (Å²) < 4.78 is 42.4. The van der Waals surface area contributed by atoms with Crippen LogP contribution in [-0.2, 0) is 6.54 Å². The molecule has 8 nitrogen and oxygen atoms in total. The third-order valence-corrected chi connectivity index (χ3v) is 7.09. The van der Waals surface area contributed by atoms with E-state index in [9.17, 15) is 32.7 Å². The Labute approximate surface area is 192 Å². The van der Waals surface area contributed by atoms with E-state index in [4.69, 9.17) is 0 Å². The number of hydrogen-bond acceptors (Lipinski definition) is 5. The molecule has 2 amide bonds. The van der Waals surface area contributed by atoms with E-state index in [1.807, 2.05) is 11.9 Å². The van der Waals surface area contributed by atoms with E-state index in [1.165, 1.54) is 10.9 Å². The van der Waals surface area contributed by atoms with E-state index in [1.54, 1.807) is 4.90 Å². The summed E-state index contributed by atoms with van der Waals surface area (Å²) in [6.07, 6.45) is 3.89. The van der Waals surface area contributed by atoms with Gasteiger partial charge in [0.15, 0.2) is 11.4 Å². The zero-order valence-corrected chi connectivity index (χ0v) is 18.4. The van der Waals surface area contributed by atoms with Crippen LogP contribution in [-0.4, -0.2) is 45.8 Å². The Kier molecular flexibility index (Phi) is 5.29. The third-order valence-electron chi connectivity index (χ3n) is 7.09. The number of amides is 2. The number of fused-ring (bicyclic) bond motifs is 6. The Hall–Kier alpha value is -3.50. The number of piperidine rings is 1. The molecule has 2 bridgehead atoms. The van der Waals surface area contributed by atoms with Gasteiger partial charge in [0, 0.05) is 43.5 Å². The fraction of sp³-hybridized carbons (Fsp3) is 0.435. The van der Waals surface area contributed by atoms with Crippen molar-refractivity contribution in [2.75, 3.05) is 18.1 Å². The second-order valence-electron chi connectivity index (χ2n) is 9.01. The molecule has 3 aliphatic rings. The number of aromatic hydroxyl groups is 1. The van der Waals surface area contributed by atoms with Crippen LogP contribution in [0.5, 0.6) is 5.75 Å². The molecule has 34 heavy (non-hydrogen) atoms. The minimum atomic E-state index is -1.18. The Bertz CT molecular complexity index is 1240. The summed E-state index contributed by atoms with van der Waals surface area (Å²) >= 11 is 0. The summed E-state index contributed by atoms with van der Waals surface area (Å²) in [5.74, 6) is -5.17. The van der Waals surface area contributed by atoms with Gasteiger partial charge in [-0.2, -0.15) is 0 Å². The minimum Gasteiger partial charge on any atom is -0.502 e. The number of rotatable bonds is 4. The molecule has 2 fully saturated rings. The van der Waals surface area contributed by atoms with Crippen LogP contribution in [0.4, 0.5) is 13.2 Å². The molecule has 3 atom stereocenters. The maximum absolute atomic E-state index is 13.9. The average molecular weight is 476 g/mol. The van der Waals surface area contributed by atoms with Gasteiger partial charge in [-0.3, -0.25) is 24.1 Å². The Morgan fingerprint density at radius 1 is 1.18 bits per heavy atom. The SMILES string of the molecule is CCN1C(=O)c2c(O)c(=O)c(C(=O)NCc3c(F)cc(F)cc3F)cn2N2C[C@@H]3CC[C@@H](C3)[C@@H]12. The molecule has 0 radical (unpaired) electrons. The van der Waals surface area contributed by atoms with Crippen LogP contribution in [0.1, 0.15) is 52.6 Å². The van der Waals surface area contributed by atoms with Gasteiger partial charge in [-0.1, -0.05) is 0 Å². The molecule has 3 heterocycles. The highest BCUT2D eigenvalue weighted by Gasteiger charge is 2.49. The highest BCUT2D eigenvalue weighted by molar-refractivity contribution is 5.99. The van der Waals surface area contributed by atoms with Gasteiger partial charge in [-0.15, -0.1) is 0 Å². The Morgan fingerprint density at radius 3 is 2.56 bits per heavy atom. The molecule has 1 aliphatic carbocycles. The molecule has 11 heteroatoms. The van der Waals surface area contributed by atoms with E-state index in [-0.39, 0.29) is 17.8 Å². The molecule has 1 saturated carbocycles. The van der Waals surface area contributed by atoms with Gasteiger partial charge in [-0.05, 0) is 38.0 Å². The van der Waals surface area contributed by atoms with Gasteiger partial charge >= 0.3 is 0 Å². The van der Waals surface area contributed by atoms with E-state index in [0.717, 1.165) is 19.3 Å². The largest absolute Gasteiger partial charge is 0.502 e. The van der Waals surface area contributed by atoms with Crippen molar-refractivity contribution in [3.8, 4) is 5.75 Å². The van der Waals surface area contributed by atoms with Crippen LogP contribution in [0, 0.1) is 29.3 Å². The number of carbonyl (C=O) groups excluding carboxylic acids is 2. The summed E-state index contributed by atoms with van der Waals surface area (Å²) in [7, 11) is 0. The van der Waals surface area contributed by atoms with Crippen molar-refractivity contribution in [1.29, 1.82) is 0 Å². The van der Waals surface area contributed by atoms with Crippen molar-refractivity contribution in [3.05, 3.63) is 62.8 Å². The molecule has 0 spiro atoms. The van der Waals surface area contributed by atoms with Crippen LogP contribution >= 0.6 is 0 Å². The smallest absolute Gasteiger partial charge is 0.278 e. The first-order valence-electron chi connectivity index (χ1n) is 11.2. The van der Waals surface area contributed by atoms with E-state index >= 15 is 0 Å². The summed E-state index contributed by atoms with van der Waals surface area (Å²) in [4.78, 5) is 40.5. The van der Waals surface area contributed by atoms with E-state index < -0.39 is 58.1 Å². The van der Waals surface area contributed by atoms with Gasteiger partial charge in [0.1, 0.15) is 29.2 Å². The molecule has 0 unspecified atom stereocenters. The van der Waals surface area contributed by atoms with E-state index in [0.29, 0.717) is 31.1 Å². The van der Waals surface area contributed by atoms with Crippen molar-refractivity contribution in [3.63, 3.8) is 0 Å². The first kappa shape index (κ1) is 22.3. The first-order chi connectivity index (χ1) is 16.2. The van der Waals surface area contributed by atoms with Crippen LogP contribution in [0.2, 0.25) is 0 Å². The third kappa shape index (κ3) is 3.33. The summed E-state index contributed by atoms with van der Waals surface area (Å²) in [6, 6.07) is 0.972. The summed E-state index contributed by atoms with van der Waals surface area (Å²) in [5.41, 5.74) is -2.32. The number of nitrogens with zero attached hydrogens (tertiary/aromatic N) is 3. The number of nitrogens with one attached hydrogen (secondary N) is 1. The molecule has 2 N–H and O–H groups in total. The standard InChI is InChI=1S/C23H23F3N4O4/c1-2-28-22-12-4-3-11(5-12)9-30(22)29-10-15(19(31)20(32)18(29)23(28)34)21(33)27-8-14-16(25)6-13(24)7-17(14)26/h6-7,10-12,22,32H,2-5,8-9H2,1H3,(H,27,33)/t11-,12+,22+/m1/s1. The van der Waals surface area contributed by atoms with Gasteiger partial charge in [0.2, 0.25) is 5.43 Å². The van der Waals surface area contributed by atoms with Crippen LogP contribution in [0.3, 0.4) is 0 Å². The second kappa shape index (κ2) is 8.07. The van der Waals surface area contributed by atoms with Gasteiger partial charge in [0.05, 0.1) is 0 Å². The van der Waals surface area contributed by atoms with Gasteiger partial charge in [0.25, 0.3) is 11.8 Å². The molecule has 1 aromatic heterocycles. The molecule has 2 aliphatic heterocycles. The predicted molar refractivity (Wildman–Crippen MR) is 114 cm³/mol. The number of halogens is 3. The maximum atomic E-state index is 13.9. The highest BCUT2D eigenvalue weighted by atomic mass is 19.1. The van der Waals surface area contributed by atoms with Crippen molar-refractivity contribution in [2.24, 2.45) is 11.8 Å².